The molecule has 0 aliphatic rings. The molecule has 0 aliphatic heterocycles. The lowest BCUT2D eigenvalue weighted by molar-refractivity contribution is 1.20. The summed E-state index contributed by atoms with van der Waals surface area (Å²) in [5, 5.41) is 0. The normalized spacial score (nSPS) is 9.64. The molecule has 1 rings (SSSR count). The smallest absolute Gasteiger partial charge is 0.139 e. The fourth-order valence-corrected chi connectivity index (χ4v) is 1.27. The van der Waals surface area contributed by atoms with Crippen LogP contribution in [0.25, 0.3) is 0 Å². The molecule has 0 saturated heterocycles. The van der Waals surface area contributed by atoms with Gasteiger partial charge in [0, 0.05) is 11.9 Å². The van der Waals surface area contributed by atoms with Crippen molar-refractivity contribution in [3.05, 3.63) is 23.9 Å². The molecular weight excluding hydrogens is 158 g/mol. The highest BCUT2D eigenvalue weighted by Crippen LogP contribution is 2.09. The second kappa shape index (κ2) is 4.20. The first kappa shape index (κ1) is 8.36. The number of aromatic nitrogens is 1. The van der Waals surface area contributed by atoms with Crippen molar-refractivity contribution in [2.75, 3.05) is 11.7 Å². The third kappa shape index (κ3) is 2.40. The Labute approximate surface area is 70.4 Å². The first-order chi connectivity index (χ1) is 5.36. The van der Waals surface area contributed by atoms with Crippen molar-refractivity contribution in [3.8, 4) is 0 Å². The van der Waals surface area contributed by atoms with E-state index in [4.69, 9.17) is 5.84 Å². The van der Waals surface area contributed by atoms with Gasteiger partial charge in [0.15, 0.2) is 0 Å². The fraction of sp³-hybridized carbons (Fsp3) is 0.286. The Morgan fingerprint density at radius 3 is 2.91 bits per heavy atom. The maximum atomic E-state index is 5.16. The first-order valence-electron chi connectivity index (χ1n) is 3.27. The molecule has 3 nitrogen and oxygen atoms in total. The molecule has 0 bridgehead atoms. The van der Waals surface area contributed by atoms with Gasteiger partial charge in [-0.25, -0.2) is 10.8 Å². The number of nitrogen functional groups attached to an aromatic ring is 1. The molecule has 0 aliphatic carbocycles. The molecule has 3 N–H and O–H groups in total. The summed E-state index contributed by atoms with van der Waals surface area (Å²) in [6, 6.07) is 3.88. The molecule has 1 aromatic heterocycles. The SMILES string of the molecule is CSCc1ccc(NN)nc1. The van der Waals surface area contributed by atoms with Crippen LogP contribution in [0.2, 0.25) is 0 Å². The number of rotatable bonds is 3. The summed E-state index contributed by atoms with van der Waals surface area (Å²) in [6.45, 7) is 0. The summed E-state index contributed by atoms with van der Waals surface area (Å²) < 4.78 is 0. The van der Waals surface area contributed by atoms with Crippen LogP contribution in [-0.2, 0) is 5.75 Å². The lowest BCUT2D eigenvalue weighted by Crippen LogP contribution is -2.08. The van der Waals surface area contributed by atoms with Crippen LogP contribution in [0.3, 0.4) is 0 Å². The summed E-state index contributed by atoms with van der Waals surface area (Å²) in [4.78, 5) is 4.07. The molecule has 1 aromatic rings. The molecule has 0 unspecified atom stereocenters. The van der Waals surface area contributed by atoms with E-state index in [-0.39, 0.29) is 0 Å². The van der Waals surface area contributed by atoms with E-state index in [9.17, 15) is 0 Å². The number of pyridine rings is 1. The van der Waals surface area contributed by atoms with Crippen LogP contribution in [0.4, 0.5) is 5.82 Å². The Kier molecular flexibility index (Phi) is 3.19. The van der Waals surface area contributed by atoms with Gasteiger partial charge < -0.3 is 5.43 Å². The van der Waals surface area contributed by atoms with Crippen molar-refractivity contribution in [1.82, 2.24) is 4.98 Å². The largest absolute Gasteiger partial charge is 0.308 e. The monoisotopic (exact) mass is 169 g/mol. The van der Waals surface area contributed by atoms with E-state index in [0.29, 0.717) is 5.82 Å². The Morgan fingerprint density at radius 2 is 2.45 bits per heavy atom. The summed E-state index contributed by atoms with van der Waals surface area (Å²) in [7, 11) is 0. The van der Waals surface area contributed by atoms with Crippen molar-refractivity contribution in [1.29, 1.82) is 0 Å². The van der Waals surface area contributed by atoms with Crippen LogP contribution in [0, 0.1) is 0 Å². The van der Waals surface area contributed by atoms with E-state index in [0.717, 1.165) is 5.75 Å². The number of hydrazine groups is 1. The third-order valence-corrected chi connectivity index (χ3v) is 1.91. The molecule has 0 spiro atoms. The van der Waals surface area contributed by atoms with Crippen molar-refractivity contribution in [3.63, 3.8) is 0 Å². The Hall–Kier alpha value is -0.740. The summed E-state index contributed by atoms with van der Waals surface area (Å²) in [6.07, 6.45) is 3.89. The van der Waals surface area contributed by atoms with E-state index in [1.54, 1.807) is 11.8 Å². The Bertz CT molecular complexity index is 209. The van der Waals surface area contributed by atoms with Crippen LogP contribution in [0.1, 0.15) is 5.56 Å². The molecule has 0 aromatic carbocycles. The molecule has 11 heavy (non-hydrogen) atoms. The van der Waals surface area contributed by atoms with Crippen LogP contribution >= 0.6 is 11.8 Å². The molecule has 0 radical (unpaired) electrons. The van der Waals surface area contributed by atoms with Gasteiger partial charge in [-0.15, -0.1) is 0 Å². The van der Waals surface area contributed by atoms with Crippen LogP contribution in [0.5, 0.6) is 0 Å². The molecule has 0 fully saturated rings. The molecule has 0 amide bonds. The van der Waals surface area contributed by atoms with Gasteiger partial charge in [-0.05, 0) is 17.9 Å². The zero-order valence-corrected chi connectivity index (χ0v) is 7.19. The number of anilines is 1. The quantitative estimate of drug-likeness (QED) is 0.528. The second-order valence-electron chi connectivity index (χ2n) is 2.13. The number of hydrogen-bond donors (Lipinski definition) is 2. The number of nitrogens with two attached hydrogens (primary N) is 1. The van der Waals surface area contributed by atoms with Gasteiger partial charge in [0.25, 0.3) is 0 Å². The van der Waals surface area contributed by atoms with Crippen LogP contribution < -0.4 is 11.3 Å². The lowest BCUT2D eigenvalue weighted by Gasteiger charge is -1.99. The predicted molar refractivity (Wildman–Crippen MR) is 49.3 cm³/mol. The second-order valence-corrected chi connectivity index (χ2v) is 3.00. The molecule has 4 heteroatoms. The molecule has 60 valence electrons. The van der Waals surface area contributed by atoms with E-state index in [1.165, 1.54) is 5.56 Å². The molecule has 1 heterocycles. The lowest BCUT2D eigenvalue weighted by atomic mass is 10.3. The Morgan fingerprint density at radius 1 is 1.64 bits per heavy atom. The molecule has 0 atom stereocenters. The van der Waals surface area contributed by atoms with Crippen LogP contribution in [-0.4, -0.2) is 11.2 Å². The topological polar surface area (TPSA) is 50.9 Å². The van der Waals surface area contributed by atoms with Gasteiger partial charge in [0.05, 0.1) is 0 Å². The predicted octanol–water partition coefficient (Wildman–Crippen LogP) is 1.23. The van der Waals surface area contributed by atoms with Crippen molar-refractivity contribution in [2.45, 2.75) is 5.75 Å². The average molecular weight is 169 g/mol. The van der Waals surface area contributed by atoms with Gasteiger partial charge in [-0.1, -0.05) is 6.07 Å². The maximum absolute atomic E-state index is 5.16. The molecular formula is C7H11N3S. The van der Waals surface area contributed by atoms with Crippen LogP contribution in [0.15, 0.2) is 18.3 Å². The van der Waals surface area contributed by atoms with Gasteiger partial charge in [-0.2, -0.15) is 11.8 Å². The highest BCUT2D eigenvalue weighted by Gasteiger charge is 1.91. The van der Waals surface area contributed by atoms with Crippen molar-refractivity contribution < 1.29 is 0 Å². The summed E-state index contributed by atoms with van der Waals surface area (Å²) in [5.41, 5.74) is 3.70. The zero-order chi connectivity index (χ0) is 8.10. The maximum Gasteiger partial charge on any atom is 0.139 e. The standard InChI is InChI=1S/C7H11N3S/c1-11-5-6-2-3-7(10-8)9-4-6/h2-4H,5,8H2,1H3,(H,9,10). The van der Waals surface area contributed by atoms with Gasteiger partial charge in [-0.3, -0.25) is 0 Å². The number of nitrogens with one attached hydrogen (secondary N) is 1. The zero-order valence-electron chi connectivity index (χ0n) is 6.37. The van der Waals surface area contributed by atoms with Gasteiger partial charge >= 0.3 is 0 Å². The van der Waals surface area contributed by atoms with E-state index < -0.39 is 0 Å². The number of nitrogens with zero attached hydrogens (tertiary/aromatic N) is 1. The minimum atomic E-state index is 0.704. The molecule has 0 saturated carbocycles. The average Bonchev–Trinajstić information content (AvgIpc) is 2.07. The summed E-state index contributed by atoms with van der Waals surface area (Å²) >= 11 is 1.78. The highest BCUT2D eigenvalue weighted by molar-refractivity contribution is 7.97. The first-order valence-corrected chi connectivity index (χ1v) is 4.66. The number of hydrogen-bond acceptors (Lipinski definition) is 4. The summed E-state index contributed by atoms with van der Waals surface area (Å²) in [5.74, 6) is 6.86. The minimum Gasteiger partial charge on any atom is -0.308 e. The Balaban J connectivity index is 2.66. The highest BCUT2D eigenvalue weighted by atomic mass is 32.2. The minimum absolute atomic E-state index is 0.704. The third-order valence-electron chi connectivity index (χ3n) is 1.28. The van der Waals surface area contributed by atoms with E-state index >= 15 is 0 Å². The van der Waals surface area contributed by atoms with E-state index in [2.05, 4.69) is 16.7 Å². The van der Waals surface area contributed by atoms with Crippen molar-refractivity contribution in [2.24, 2.45) is 5.84 Å². The van der Waals surface area contributed by atoms with Crippen molar-refractivity contribution >= 4 is 17.6 Å². The van der Waals surface area contributed by atoms with Gasteiger partial charge in [0.2, 0.25) is 0 Å². The fourth-order valence-electron chi connectivity index (χ4n) is 0.762. The van der Waals surface area contributed by atoms with E-state index in [1.807, 2.05) is 18.3 Å². The van der Waals surface area contributed by atoms with Gasteiger partial charge in [0.1, 0.15) is 5.82 Å². The number of thioether (sulfide) groups is 1.